The van der Waals surface area contributed by atoms with Crippen molar-refractivity contribution >= 4 is 29.2 Å². The Hall–Kier alpha value is -3.31. The minimum absolute atomic E-state index is 0.0312. The molecule has 0 spiro atoms. The van der Waals surface area contributed by atoms with Crippen LogP contribution in [0.5, 0.6) is 0 Å². The maximum atomic E-state index is 8.89. The molecule has 0 aliphatic rings. The Bertz CT molecular complexity index is 905. The van der Waals surface area contributed by atoms with Crippen molar-refractivity contribution < 1.29 is 0 Å². The number of nitrogen functional groups attached to an aromatic ring is 1. The predicted octanol–water partition coefficient (Wildman–Crippen LogP) is 2.18. The van der Waals surface area contributed by atoms with Crippen LogP contribution in [0, 0.1) is 11.3 Å². The number of hydrogen-bond donors (Lipinski definition) is 2. The molecule has 3 rings (SSSR count). The van der Waals surface area contributed by atoms with E-state index in [4.69, 9.17) is 22.6 Å². The van der Waals surface area contributed by atoms with Gasteiger partial charge in [0.2, 0.25) is 11.9 Å². The Balaban J connectivity index is 1.96. The Labute approximate surface area is 136 Å². The van der Waals surface area contributed by atoms with Crippen molar-refractivity contribution in [2.45, 2.75) is 0 Å². The number of rotatable bonds is 3. The lowest BCUT2D eigenvalue weighted by Crippen LogP contribution is -2.05. The molecule has 0 atom stereocenters. The van der Waals surface area contributed by atoms with Gasteiger partial charge in [-0.1, -0.05) is 17.7 Å². The molecule has 3 aromatic rings. The van der Waals surface area contributed by atoms with Gasteiger partial charge in [-0.3, -0.25) is 4.98 Å². The minimum atomic E-state index is 0.0312. The molecule has 0 amide bonds. The van der Waals surface area contributed by atoms with Crippen molar-refractivity contribution in [3.63, 3.8) is 0 Å². The number of halogens is 1. The van der Waals surface area contributed by atoms with E-state index in [9.17, 15) is 0 Å². The fraction of sp³-hybridized carbons (Fsp3) is 0. The summed E-state index contributed by atoms with van der Waals surface area (Å²) in [5.74, 6) is 0.529. The van der Waals surface area contributed by atoms with Crippen LogP contribution in [0.3, 0.4) is 0 Å². The first kappa shape index (κ1) is 14.6. The maximum Gasteiger partial charge on any atom is 0.232 e. The molecule has 9 heteroatoms. The summed E-state index contributed by atoms with van der Waals surface area (Å²) in [5, 5.41) is 12.1. The Morgan fingerprint density at radius 1 is 1.13 bits per heavy atom. The Morgan fingerprint density at radius 2 is 2.00 bits per heavy atom. The highest BCUT2D eigenvalue weighted by molar-refractivity contribution is 6.29. The van der Waals surface area contributed by atoms with Crippen molar-refractivity contribution in [2.24, 2.45) is 0 Å². The minimum Gasteiger partial charge on any atom is -0.368 e. The lowest BCUT2D eigenvalue weighted by Gasteiger charge is -2.07. The van der Waals surface area contributed by atoms with E-state index >= 15 is 0 Å². The number of pyridine rings is 2. The van der Waals surface area contributed by atoms with Crippen LogP contribution < -0.4 is 11.1 Å². The fourth-order valence-corrected chi connectivity index (χ4v) is 1.96. The van der Waals surface area contributed by atoms with Crippen molar-refractivity contribution in [1.82, 2.24) is 24.9 Å². The lowest BCUT2D eigenvalue weighted by atomic mass is 10.3. The maximum absolute atomic E-state index is 8.89. The van der Waals surface area contributed by atoms with Gasteiger partial charge in [0.1, 0.15) is 16.9 Å². The van der Waals surface area contributed by atoms with E-state index in [1.165, 1.54) is 12.4 Å². The molecule has 0 radical (unpaired) electrons. The highest BCUT2D eigenvalue weighted by Crippen LogP contribution is 2.19. The van der Waals surface area contributed by atoms with E-state index in [1.807, 2.05) is 6.07 Å². The molecule has 3 aromatic heterocycles. The zero-order chi connectivity index (χ0) is 16.2. The van der Waals surface area contributed by atoms with Gasteiger partial charge in [-0.15, -0.1) is 0 Å². The molecule has 0 unspecified atom stereocenters. The van der Waals surface area contributed by atoms with Gasteiger partial charge in [0.15, 0.2) is 5.82 Å². The van der Waals surface area contributed by atoms with Crippen LogP contribution in [0.2, 0.25) is 5.15 Å². The summed E-state index contributed by atoms with van der Waals surface area (Å²) in [4.78, 5) is 20.4. The van der Waals surface area contributed by atoms with Gasteiger partial charge in [-0.25, -0.2) is 4.98 Å². The topological polar surface area (TPSA) is 126 Å². The molecule has 0 saturated carbocycles. The number of anilines is 3. The van der Waals surface area contributed by atoms with Crippen LogP contribution in [0.4, 0.5) is 17.6 Å². The van der Waals surface area contributed by atoms with Crippen LogP contribution in [0.25, 0.3) is 11.5 Å². The Kier molecular flexibility index (Phi) is 3.95. The smallest absolute Gasteiger partial charge is 0.232 e. The number of nitrogens with one attached hydrogen (secondary N) is 1. The molecule has 8 nitrogen and oxygen atoms in total. The van der Waals surface area contributed by atoms with Crippen LogP contribution >= 0.6 is 11.6 Å². The standard InChI is InChI=1S/C14H9ClN8/c15-11-3-1-2-10(20-11)12-21-13(17)23-14(22-12)19-9-4-8(5-16)6-18-7-9/h1-4,6-7H,(H3,17,19,21,22,23). The molecule has 0 bridgehead atoms. The Morgan fingerprint density at radius 3 is 2.78 bits per heavy atom. The summed E-state index contributed by atoms with van der Waals surface area (Å²) in [6.07, 6.45) is 2.99. The summed E-state index contributed by atoms with van der Waals surface area (Å²) in [5.41, 5.74) is 7.15. The normalized spacial score (nSPS) is 10.1. The van der Waals surface area contributed by atoms with E-state index < -0.39 is 0 Å². The molecule has 0 aromatic carbocycles. The number of nitrogens with two attached hydrogens (primary N) is 1. The van der Waals surface area contributed by atoms with Crippen LogP contribution in [0.15, 0.2) is 36.7 Å². The molecular weight excluding hydrogens is 316 g/mol. The molecule has 23 heavy (non-hydrogen) atoms. The van der Waals surface area contributed by atoms with Gasteiger partial charge >= 0.3 is 0 Å². The second-order valence-corrected chi connectivity index (χ2v) is 4.77. The molecule has 0 aliphatic heterocycles. The summed E-state index contributed by atoms with van der Waals surface area (Å²) in [6, 6.07) is 8.71. The quantitative estimate of drug-likeness (QED) is 0.702. The first-order valence-corrected chi connectivity index (χ1v) is 6.78. The number of aromatic nitrogens is 5. The zero-order valence-electron chi connectivity index (χ0n) is 11.6. The average molecular weight is 325 g/mol. The highest BCUT2D eigenvalue weighted by Gasteiger charge is 2.09. The zero-order valence-corrected chi connectivity index (χ0v) is 12.4. The van der Waals surface area contributed by atoms with Crippen molar-refractivity contribution in [2.75, 3.05) is 11.1 Å². The largest absolute Gasteiger partial charge is 0.368 e. The van der Waals surface area contributed by atoms with Crippen molar-refractivity contribution in [3.8, 4) is 17.6 Å². The van der Waals surface area contributed by atoms with Crippen molar-refractivity contribution in [3.05, 3.63) is 47.4 Å². The molecule has 3 N–H and O–H groups in total. The summed E-state index contributed by atoms with van der Waals surface area (Å²) >= 11 is 5.87. The van der Waals surface area contributed by atoms with Gasteiger partial charge in [0.05, 0.1) is 17.4 Å². The fourth-order valence-electron chi connectivity index (χ4n) is 1.79. The third kappa shape index (κ3) is 3.48. The number of hydrogen-bond acceptors (Lipinski definition) is 8. The van der Waals surface area contributed by atoms with E-state index in [0.717, 1.165) is 0 Å². The molecule has 0 fully saturated rings. The molecule has 112 valence electrons. The van der Waals surface area contributed by atoms with Gasteiger partial charge in [-0.05, 0) is 18.2 Å². The second-order valence-electron chi connectivity index (χ2n) is 4.39. The first-order chi connectivity index (χ1) is 11.1. The molecule has 0 aliphatic carbocycles. The van der Waals surface area contributed by atoms with E-state index in [0.29, 0.717) is 22.1 Å². The van der Waals surface area contributed by atoms with Gasteiger partial charge in [-0.2, -0.15) is 20.2 Å². The predicted molar refractivity (Wildman–Crippen MR) is 84.7 cm³/mol. The average Bonchev–Trinajstić information content (AvgIpc) is 2.54. The van der Waals surface area contributed by atoms with E-state index in [-0.39, 0.29) is 17.7 Å². The third-order valence-corrected chi connectivity index (χ3v) is 2.93. The monoisotopic (exact) mass is 324 g/mol. The van der Waals surface area contributed by atoms with Gasteiger partial charge < -0.3 is 11.1 Å². The lowest BCUT2D eigenvalue weighted by molar-refractivity contribution is 1.06. The highest BCUT2D eigenvalue weighted by atomic mass is 35.5. The van der Waals surface area contributed by atoms with E-state index in [1.54, 1.807) is 24.3 Å². The number of nitrogens with zero attached hydrogens (tertiary/aromatic N) is 6. The second kappa shape index (κ2) is 6.21. The van der Waals surface area contributed by atoms with Crippen LogP contribution in [0.1, 0.15) is 5.56 Å². The van der Waals surface area contributed by atoms with Gasteiger partial charge in [0, 0.05) is 6.20 Å². The number of nitriles is 1. The SMILES string of the molecule is N#Cc1cncc(Nc2nc(N)nc(-c3cccc(Cl)n3)n2)c1. The van der Waals surface area contributed by atoms with Gasteiger partial charge in [0.25, 0.3) is 0 Å². The molecule has 3 heterocycles. The van der Waals surface area contributed by atoms with Crippen molar-refractivity contribution in [1.29, 1.82) is 5.26 Å². The third-order valence-electron chi connectivity index (χ3n) is 2.72. The molecule has 0 saturated heterocycles. The van der Waals surface area contributed by atoms with Crippen LogP contribution in [-0.2, 0) is 0 Å². The van der Waals surface area contributed by atoms with Crippen LogP contribution in [-0.4, -0.2) is 24.9 Å². The molecular formula is C14H9ClN8. The first-order valence-electron chi connectivity index (χ1n) is 6.41. The summed E-state index contributed by atoms with van der Waals surface area (Å²) in [7, 11) is 0. The summed E-state index contributed by atoms with van der Waals surface area (Å²) < 4.78 is 0. The van der Waals surface area contributed by atoms with E-state index in [2.05, 4.69) is 30.2 Å². The summed E-state index contributed by atoms with van der Waals surface area (Å²) in [6.45, 7) is 0.